The molecule has 0 unspecified atom stereocenters. The molecule has 2 fully saturated rings. The number of aryl methyl sites for hydroxylation is 1. The Morgan fingerprint density at radius 2 is 2.12 bits per heavy atom. The van der Waals surface area contributed by atoms with Crippen LogP contribution in [0.5, 0.6) is 0 Å². The normalized spacial score (nSPS) is 21.4. The molecule has 0 aromatic heterocycles. The Morgan fingerprint density at radius 3 is 2.88 bits per heavy atom. The minimum atomic E-state index is -0.191. The highest BCUT2D eigenvalue weighted by Gasteiger charge is 2.28. The summed E-state index contributed by atoms with van der Waals surface area (Å²) in [4.78, 5) is 27.7. The lowest BCUT2D eigenvalue weighted by molar-refractivity contribution is -0.139. The highest BCUT2D eigenvalue weighted by Crippen LogP contribution is 2.22. The standard InChI is InChI=1S/C19H25FN2O2/c20-17-6-1-4-15(12-17)8-9-16-5-2-10-21(13-16)19(24)14-22-11-3-7-18(22)23/h1,4,6,12,16H,2-3,5,7-11,13-14H2/t16-/m0/s1. The summed E-state index contributed by atoms with van der Waals surface area (Å²) in [6, 6.07) is 6.75. The third-order valence-electron chi connectivity index (χ3n) is 5.10. The van der Waals surface area contributed by atoms with E-state index in [1.807, 2.05) is 11.0 Å². The first kappa shape index (κ1) is 16.9. The van der Waals surface area contributed by atoms with E-state index in [4.69, 9.17) is 0 Å². The second-order valence-corrected chi connectivity index (χ2v) is 6.94. The zero-order valence-corrected chi connectivity index (χ0v) is 14.0. The van der Waals surface area contributed by atoms with Crippen molar-refractivity contribution in [2.24, 2.45) is 5.92 Å². The summed E-state index contributed by atoms with van der Waals surface area (Å²) in [6.07, 6.45) is 5.37. The summed E-state index contributed by atoms with van der Waals surface area (Å²) in [5.41, 5.74) is 1.01. The predicted molar refractivity (Wildman–Crippen MR) is 89.8 cm³/mol. The van der Waals surface area contributed by atoms with E-state index in [-0.39, 0.29) is 24.2 Å². The van der Waals surface area contributed by atoms with Gasteiger partial charge in [0.05, 0.1) is 6.54 Å². The zero-order chi connectivity index (χ0) is 16.9. The Kier molecular flexibility index (Phi) is 5.48. The van der Waals surface area contributed by atoms with Crippen molar-refractivity contribution in [1.82, 2.24) is 9.80 Å². The smallest absolute Gasteiger partial charge is 0.242 e. The number of likely N-dealkylation sites (tertiary alicyclic amines) is 2. The molecule has 5 heteroatoms. The third kappa shape index (κ3) is 4.34. The van der Waals surface area contributed by atoms with Crippen molar-refractivity contribution >= 4 is 11.8 Å². The first-order valence-corrected chi connectivity index (χ1v) is 8.92. The van der Waals surface area contributed by atoms with Crippen molar-refractivity contribution in [3.63, 3.8) is 0 Å². The number of amides is 2. The van der Waals surface area contributed by atoms with Gasteiger partial charge in [0.15, 0.2) is 0 Å². The maximum absolute atomic E-state index is 13.2. The Morgan fingerprint density at radius 1 is 1.25 bits per heavy atom. The van der Waals surface area contributed by atoms with Gasteiger partial charge >= 0.3 is 0 Å². The van der Waals surface area contributed by atoms with Crippen molar-refractivity contribution in [2.45, 2.75) is 38.5 Å². The zero-order valence-electron chi connectivity index (χ0n) is 14.0. The largest absolute Gasteiger partial charge is 0.341 e. The van der Waals surface area contributed by atoms with E-state index in [1.165, 1.54) is 6.07 Å². The molecule has 3 rings (SSSR count). The minimum Gasteiger partial charge on any atom is -0.341 e. The van der Waals surface area contributed by atoms with Crippen LogP contribution in [-0.4, -0.2) is 47.8 Å². The fourth-order valence-electron chi connectivity index (χ4n) is 3.72. The lowest BCUT2D eigenvalue weighted by atomic mass is 9.91. The summed E-state index contributed by atoms with van der Waals surface area (Å²) in [6.45, 7) is 2.49. The van der Waals surface area contributed by atoms with Crippen LogP contribution in [0.4, 0.5) is 4.39 Å². The topological polar surface area (TPSA) is 40.6 Å². The van der Waals surface area contributed by atoms with Crippen LogP contribution in [0.1, 0.15) is 37.7 Å². The average Bonchev–Trinajstić information content (AvgIpc) is 2.98. The van der Waals surface area contributed by atoms with Crippen molar-refractivity contribution in [3.05, 3.63) is 35.6 Å². The number of nitrogens with zero attached hydrogens (tertiary/aromatic N) is 2. The lowest BCUT2D eigenvalue weighted by Gasteiger charge is -2.34. The molecule has 0 spiro atoms. The molecule has 2 heterocycles. The van der Waals surface area contributed by atoms with E-state index in [2.05, 4.69) is 0 Å². The van der Waals surface area contributed by atoms with Gasteiger partial charge in [0, 0.05) is 26.1 Å². The van der Waals surface area contributed by atoms with Crippen LogP contribution in [0.3, 0.4) is 0 Å². The molecule has 1 aromatic carbocycles. The van der Waals surface area contributed by atoms with Crippen LogP contribution in [0, 0.1) is 11.7 Å². The van der Waals surface area contributed by atoms with Crippen molar-refractivity contribution in [3.8, 4) is 0 Å². The van der Waals surface area contributed by atoms with Gasteiger partial charge in [0.1, 0.15) is 5.82 Å². The molecule has 24 heavy (non-hydrogen) atoms. The SMILES string of the molecule is O=C1CCCN1CC(=O)N1CCC[C@@H](CCc2cccc(F)c2)C1. The molecule has 0 bridgehead atoms. The number of hydrogen-bond donors (Lipinski definition) is 0. The second kappa shape index (κ2) is 7.77. The number of carbonyl (C=O) groups excluding carboxylic acids is 2. The molecule has 1 aromatic rings. The first-order chi connectivity index (χ1) is 11.6. The molecule has 2 aliphatic rings. The fourth-order valence-corrected chi connectivity index (χ4v) is 3.72. The van der Waals surface area contributed by atoms with Gasteiger partial charge in [-0.25, -0.2) is 4.39 Å². The van der Waals surface area contributed by atoms with Crippen molar-refractivity contribution in [2.75, 3.05) is 26.2 Å². The van der Waals surface area contributed by atoms with E-state index < -0.39 is 0 Å². The summed E-state index contributed by atoms with van der Waals surface area (Å²) in [5.74, 6) is 0.437. The van der Waals surface area contributed by atoms with Gasteiger partial charge < -0.3 is 9.80 Å². The molecule has 2 amide bonds. The molecule has 0 N–H and O–H groups in total. The second-order valence-electron chi connectivity index (χ2n) is 6.94. The molecule has 0 aliphatic carbocycles. The number of hydrogen-bond acceptors (Lipinski definition) is 2. The molecular formula is C19H25FN2O2. The quantitative estimate of drug-likeness (QED) is 0.832. The van der Waals surface area contributed by atoms with E-state index in [0.29, 0.717) is 18.9 Å². The van der Waals surface area contributed by atoms with Crippen LogP contribution in [0.15, 0.2) is 24.3 Å². The Hall–Kier alpha value is -1.91. The molecule has 130 valence electrons. The van der Waals surface area contributed by atoms with Gasteiger partial charge in [-0.1, -0.05) is 12.1 Å². The van der Waals surface area contributed by atoms with E-state index in [0.717, 1.165) is 50.8 Å². The highest BCUT2D eigenvalue weighted by atomic mass is 19.1. The van der Waals surface area contributed by atoms with Crippen LogP contribution >= 0.6 is 0 Å². The Bertz CT molecular complexity index is 605. The van der Waals surface area contributed by atoms with Crippen LogP contribution in [-0.2, 0) is 16.0 Å². The lowest BCUT2D eigenvalue weighted by Crippen LogP contribution is -2.45. The number of rotatable bonds is 5. The van der Waals surface area contributed by atoms with Crippen molar-refractivity contribution < 1.29 is 14.0 Å². The van der Waals surface area contributed by atoms with Gasteiger partial charge in [-0.05, 0) is 55.7 Å². The Labute approximate surface area is 142 Å². The minimum absolute atomic E-state index is 0.0701. The molecule has 4 nitrogen and oxygen atoms in total. The number of carbonyl (C=O) groups is 2. The summed E-state index contributed by atoms with van der Waals surface area (Å²) < 4.78 is 13.2. The van der Waals surface area contributed by atoms with E-state index >= 15 is 0 Å². The number of halogens is 1. The molecule has 1 atom stereocenters. The first-order valence-electron chi connectivity index (χ1n) is 8.92. The third-order valence-corrected chi connectivity index (χ3v) is 5.10. The van der Waals surface area contributed by atoms with Gasteiger partial charge in [-0.15, -0.1) is 0 Å². The molecule has 0 saturated carbocycles. The molecular weight excluding hydrogens is 307 g/mol. The van der Waals surface area contributed by atoms with Gasteiger partial charge in [0.2, 0.25) is 11.8 Å². The summed E-state index contributed by atoms with van der Waals surface area (Å²) in [5, 5.41) is 0. The summed E-state index contributed by atoms with van der Waals surface area (Å²) in [7, 11) is 0. The fraction of sp³-hybridized carbons (Fsp3) is 0.579. The predicted octanol–water partition coefficient (Wildman–Crippen LogP) is 2.62. The monoisotopic (exact) mass is 332 g/mol. The van der Waals surface area contributed by atoms with E-state index in [9.17, 15) is 14.0 Å². The van der Waals surface area contributed by atoms with Crippen molar-refractivity contribution in [1.29, 1.82) is 0 Å². The Balaban J connectivity index is 1.48. The maximum Gasteiger partial charge on any atom is 0.242 e. The number of piperidine rings is 1. The van der Waals surface area contributed by atoms with Crippen LogP contribution in [0.25, 0.3) is 0 Å². The molecule has 2 saturated heterocycles. The molecule has 0 radical (unpaired) electrons. The summed E-state index contributed by atoms with van der Waals surface area (Å²) >= 11 is 0. The average molecular weight is 332 g/mol. The highest BCUT2D eigenvalue weighted by molar-refractivity contribution is 5.85. The number of benzene rings is 1. The maximum atomic E-state index is 13.2. The van der Waals surface area contributed by atoms with Gasteiger partial charge in [0.25, 0.3) is 0 Å². The van der Waals surface area contributed by atoms with Crippen LogP contribution < -0.4 is 0 Å². The van der Waals surface area contributed by atoms with Gasteiger partial charge in [-0.3, -0.25) is 9.59 Å². The van der Waals surface area contributed by atoms with Gasteiger partial charge in [-0.2, -0.15) is 0 Å². The van der Waals surface area contributed by atoms with Crippen LogP contribution in [0.2, 0.25) is 0 Å². The van der Waals surface area contributed by atoms with E-state index in [1.54, 1.807) is 17.0 Å². The molecule has 2 aliphatic heterocycles.